The molecule has 0 amide bonds. The van der Waals surface area contributed by atoms with E-state index in [-0.39, 0.29) is 0 Å². The second-order valence-corrected chi connectivity index (χ2v) is 2.99. The van der Waals surface area contributed by atoms with E-state index >= 15 is 0 Å². The Morgan fingerprint density at radius 2 is 2.20 bits per heavy atom. The van der Waals surface area contributed by atoms with Crippen LogP contribution in [0.1, 0.15) is 23.4 Å². The molecule has 0 radical (unpaired) electrons. The molecule has 10 heavy (non-hydrogen) atoms. The van der Waals surface area contributed by atoms with Gasteiger partial charge in [-0.05, 0) is 31.7 Å². The second-order valence-electron chi connectivity index (χ2n) is 2.99. The zero-order chi connectivity index (χ0) is 7.14. The summed E-state index contributed by atoms with van der Waals surface area (Å²) in [6.07, 6.45) is 3.80. The van der Waals surface area contributed by atoms with E-state index in [0.717, 1.165) is 0 Å². The highest BCUT2D eigenvalue weighted by molar-refractivity contribution is 5.29. The van der Waals surface area contributed by atoms with Gasteiger partial charge in [0.15, 0.2) is 0 Å². The molecule has 0 atom stereocenters. The lowest BCUT2D eigenvalue weighted by Crippen LogP contribution is -1.95. The summed E-state index contributed by atoms with van der Waals surface area (Å²) in [7, 11) is 2.04. The van der Waals surface area contributed by atoms with Crippen molar-refractivity contribution in [3.63, 3.8) is 0 Å². The Labute approximate surface area is 60.9 Å². The van der Waals surface area contributed by atoms with Crippen LogP contribution in [-0.2, 0) is 19.9 Å². The maximum Gasteiger partial charge on any atom is 0.0628 e. The minimum absolute atomic E-state index is 1.23. The minimum atomic E-state index is 1.23. The smallest absolute Gasteiger partial charge is 0.0628 e. The van der Waals surface area contributed by atoms with Crippen molar-refractivity contribution in [2.45, 2.75) is 26.2 Å². The predicted molar refractivity (Wildman–Crippen MR) is 40.0 cm³/mol. The van der Waals surface area contributed by atoms with Crippen LogP contribution >= 0.6 is 0 Å². The molecule has 2 heteroatoms. The molecule has 0 bridgehead atoms. The Morgan fingerprint density at radius 1 is 1.40 bits per heavy atom. The van der Waals surface area contributed by atoms with Crippen LogP contribution in [0.4, 0.5) is 0 Å². The fourth-order valence-electron chi connectivity index (χ4n) is 1.82. The molecule has 0 fully saturated rings. The van der Waals surface area contributed by atoms with Crippen molar-refractivity contribution in [2.24, 2.45) is 7.05 Å². The minimum Gasteiger partial charge on any atom is -0.272 e. The number of fused-ring (bicyclic) bond motifs is 1. The number of aromatic nitrogens is 2. The first kappa shape index (κ1) is 5.96. The molecule has 2 nitrogen and oxygen atoms in total. The Kier molecular flexibility index (Phi) is 1.10. The number of nitrogens with zero attached hydrogens (tertiary/aromatic N) is 2. The monoisotopic (exact) mass is 136 g/mol. The average molecular weight is 136 g/mol. The van der Waals surface area contributed by atoms with Gasteiger partial charge in [-0.25, -0.2) is 0 Å². The third-order valence-electron chi connectivity index (χ3n) is 2.32. The summed E-state index contributed by atoms with van der Waals surface area (Å²) < 4.78 is 2.03. The van der Waals surface area contributed by atoms with Gasteiger partial charge in [-0.15, -0.1) is 0 Å². The van der Waals surface area contributed by atoms with Crippen LogP contribution < -0.4 is 0 Å². The van der Waals surface area contributed by atoms with E-state index in [4.69, 9.17) is 0 Å². The molecule has 0 spiro atoms. The molecule has 2 rings (SSSR count). The standard InChI is InChI=1S/C8H12N2/c1-6-7-4-3-5-8(7)10(2)9-6/h3-5H2,1-2H3. The van der Waals surface area contributed by atoms with Crippen LogP contribution in [0.3, 0.4) is 0 Å². The summed E-state index contributed by atoms with van der Waals surface area (Å²) >= 11 is 0. The van der Waals surface area contributed by atoms with Gasteiger partial charge in [0, 0.05) is 12.7 Å². The van der Waals surface area contributed by atoms with Crippen molar-refractivity contribution >= 4 is 0 Å². The van der Waals surface area contributed by atoms with Gasteiger partial charge in [0.25, 0.3) is 0 Å². The molecule has 0 saturated heterocycles. The maximum atomic E-state index is 4.35. The first-order valence-electron chi connectivity index (χ1n) is 3.80. The zero-order valence-corrected chi connectivity index (χ0v) is 6.52. The Hall–Kier alpha value is -0.790. The Bertz CT molecular complexity index is 236. The lowest BCUT2D eigenvalue weighted by Gasteiger charge is -1.92. The van der Waals surface area contributed by atoms with Crippen molar-refractivity contribution in [1.29, 1.82) is 0 Å². The van der Waals surface area contributed by atoms with E-state index in [0.29, 0.717) is 0 Å². The number of hydrogen-bond acceptors (Lipinski definition) is 1. The molecule has 0 unspecified atom stereocenters. The molecule has 1 aliphatic rings. The van der Waals surface area contributed by atoms with E-state index in [9.17, 15) is 0 Å². The summed E-state index contributed by atoms with van der Waals surface area (Å²) in [6, 6.07) is 0. The maximum absolute atomic E-state index is 4.35. The van der Waals surface area contributed by atoms with E-state index in [1.165, 1.54) is 36.2 Å². The van der Waals surface area contributed by atoms with Gasteiger partial charge in [-0.1, -0.05) is 0 Å². The summed E-state index contributed by atoms with van der Waals surface area (Å²) in [5.74, 6) is 0. The summed E-state index contributed by atoms with van der Waals surface area (Å²) in [5, 5.41) is 4.35. The van der Waals surface area contributed by atoms with Gasteiger partial charge in [-0.2, -0.15) is 5.10 Å². The Balaban J connectivity index is 2.61. The van der Waals surface area contributed by atoms with E-state index in [1.807, 2.05) is 11.7 Å². The lowest BCUT2D eigenvalue weighted by molar-refractivity contribution is 0.698. The molecule has 0 N–H and O–H groups in total. The van der Waals surface area contributed by atoms with Crippen molar-refractivity contribution in [2.75, 3.05) is 0 Å². The highest BCUT2D eigenvalue weighted by Gasteiger charge is 2.17. The van der Waals surface area contributed by atoms with Crippen LogP contribution in [0.15, 0.2) is 0 Å². The van der Waals surface area contributed by atoms with Crippen LogP contribution in [0.25, 0.3) is 0 Å². The summed E-state index contributed by atoms with van der Waals surface area (Å²) in [6.45, 7) is 2.10. The zero-order valence-electron chi connectivity index (χ0n) is 6.52. The van der Waals surface area contributed by atoms with E-state index in [2.05, 4.69) is 12.0 Å². The van der Waals surface area contributed by atoms with E-state index < -0.39 is 0 Å². The molecular weight excluding hydrogens is 124 g/mol. The summed E-state index contributed by atoms with van der Waals surface area (Å²) in [5.41, 5.74) is 4.19. The second kappa shape index (κ2) is 1.84. The van der Waals surface area contributed by atoms with Crippen molar-refractivity contribution in [1.82, 2.24) is 9.78 Å². The van der Waals surface area contributed by atoms with Crippen molar-refractivity contribution in [3.8, 4) is 0 Å². The molecule has 54 valence electrons. The highest BCUT2D eigenvalue weighted by atomic mass is 15.3. The molecule has 0 aliphatic heterocycles. The molecule has 0 saturated carbocycles. The quantitative estimate of drug-likeness (QED) is 0.524. The lowest BCUT2D eigenvalue weighted by atomic mass is 10.2. The summed E-state index contributed by atoms with van der Waals surface area (Å²) in [4.78, 5) is 0. The molecule has 1 aromatic heterocycles. The first-order chi connectivity index (χ1) is 4.79. The van der Waals surface area contributed by atoms with Crippen LogP contribution in [0, 0.1) is 6.92 Å². The SMILES string of the molecule is Cc1nn(C)c2c1CCC2. The van der Waals surface area contributed by atoms with Gasteiger partial charge in [0.2, 0.25) is 0 Å². The van der Waals surface area contributed by atoms with Gasteiger partial charge in [0.1, 0.15) is 0 Å². The van der Waals surface area contributed by atoms with Gasteiger partial charge in [0.05, 0.1) is 5.69 Å². The number of aryl methyl sites for hydroxylation is 2. The fourth-order valence-corrected chi connectivity index (χ4v) is 1.82. The van der Waals surface area contributed by atoms with Crippen LogP contribution in [-0.4, -0.2) is 9.78 Å². The third-order valence-corrected chi connectivity index (χ3v) is 2.32. The molecule has 0 aromatic carbocycles. The third kappa shape index (κ3) is 0.618. The van der Waals surface area contributed by atoms with Crippen molar-refractivity contribution < 1.29 is 0 Å². The van der Waals surface area contributed by atoms with Gasteiger partial charge >= 0.3 is 0 Å². The van der Waals surface area contributed by atoms with Crippen LogP contribution in [0.5, 0.6) is 0 Å². The molecule has 1 heterocycles. The normalized spacial score (nSPS) is 15.8. The fraction of sp³-hybridized carbons (Fsp3) is 0.625. The number of hydrogen-bond donors (Lipinski definition) is 0. The van der Waals surface area contributed by atoms with Gasteiger partial charge in [-0.3, -0.25) is 4.68 Å². The molecule has 1 aromatic rings. The molecular formula is C8H12N2. The predicted octanol–water partition coefficient (Wildman–Crippen LogP) is 1.22. The average Bonchev–Trinajstić information content (AvgIpc) is 2.39. The largest absolute Gasteiger partial charge is 0.272 e. The topological polar surface area (TPSA) is 17.8 Å². The van der Waals surface area contributed by atoms with Gasteiger partial charge < -0.3 is 0 Å². The van der Waals surface area contributed by atoms with Crippen LogP contribution in [0.2, 0.25) is 0 Å². The Morgan fingerprint density at radius 3 is 2.90 bits per heavy atom. The van der Waals surface area contributed by atoms with E-state index in [1.54, 1.807) is 0 Å². The molecule has 1 aliphatic carbocycles. The van der Waals surface area contributed by atoms with Crippen molar-refractivity contribution in [3.05, 3.63) is 17.0 Å². The highest BCUT2D eigenvalue weighted by Crippen LogP contribution is 2.23. The number of rotatable bonds is 0. The first-order valence-corrected chi connectivity index (χ1v) is 3.80.